The fourth-order valence-corrected chi connectivity index (χ4v) is 25.5. The van der Waals surface area contributed by atoms with Crippen LogP contribution < -0.4 is 18.3 Å². The maximum Gasteiger partial charge on any atom is 0.216 e. The maximum atomic E-state index is 7.86. The van der Waals surface area contributed by atoms with Gasteiger partial charge in [0.15, 0.2) is 45.5 Å². The van der Waals surface area contributed by atoms with Gasteiger partial charge in [0.25, 0.3) is 0 Å². The third-order valence-electron chi connectivity index (χ3n) is 34.4. The predicted molar refractivity (Wildman–Crippen MR) is 617 cm³/mol. The first-order valence-electron chi connectivity index (χ1n) is 54.4. The molecule has 4 aliphatic rings. The lowest BCUT2D eigenvalue weighted by Crippen LogP contribution is -2.37. The first-order valence-corrected chi connectivity index (χ1v) is 54.4. The molecule has 24 rings (SSSR count). The highest BCUT2D eigenvalue weighted by Crippen LogP contribution is 2.53. The first-order chi connectivity index (χ1) is 72.7. The van der Waals surface area contributed by atoms with Gasteiger partial charge in [-0.1, -0.05) is 306 Å². The van der Waals surface area contributed by atoms with Crippen LogP contribution in [0, 0.1) is 135 Å². The Hall–Kier alpha value is -15.6. The van der Waals surface area contributed by atoms with Crippen molar-refractivity contribution in [1.82, 2.24) is 0 Å². The molecule has 12 nitrogen and oxygen atoms in total. The summed E-state index contributed by atoms with van der Waals surface area (Å²) in [4.78, 5) is 15.4. The number of hydrogen-bond acceptors (Lipinski definition) is 4. The minimum Gasteiger partial charge on any atom is -0.456 e. The number of fused-ring (bicyclic) bond motifs is 12. The lowest BCUT2D eigenvalue weighted by atomic mass is 9.84. The molecule has 8 aromatic heterocycles. The zero-order valence-corrected chi connectivity index (χ0v) is 90.6. The van der Waals surface area contributed by atoms with Crippen molar-refractivity contribution in [3.8, 4) is 89.5 Å². The van der Waals surface area contributed by atoms with Gasteiger partial charge in [0.2, 0.25) is 22.8 Å². The van der Waals surface area contributed by atoms with E-state index in [1.807, 2.05) is 36.4 Å². The van der Waals surface area contributed by atoms with Gasteiger partial charge in [0.05, 0.1) is 48.5 Å². The third-order valence-corrected chi connectivity index (χ3v) is 34.4. The van der Waals surface area contributed by atoms with Gasteiger partial charge in [-0.2, -0.15) is 18.3 Å². The number of aryl methyl sites for hydroxylation is 10. The second kappa shape index (κ2) is 41.8. The molecule has 0 bridgehead atoms. The third kappa shape index (κ3) is 18.5. The number of nitrogens with zero attached hydrogens (tertiary/aromatic N) is 8. The topological polar surface area (TPSA) is 85.5 Å². The van der Waals surface area contributed by atoms with E-state index in [4.69, 9.17) is 44.0 Å². The normalized spacial score (nSPS) is 14.2. The Kier molecular flexibility index (Phi) is 28.0. The van der Waals surface area contributed by atoms with Crippen LogP contribution in [0.5, 0.6) is 0 Å². The van der Waals surface area contributed by atoms with Gasteiger partial charge in [-0.3, -0.25) is 0 Å². The first kappa shape index (κ1) is 100. The van der Waals surface area contributed by atoms with E-state index in [1.54, 1.807) is 0 Å². The molecule has 4 fully saturated rings. The summed E-state index contributed by atoms with van der Waals surface area (Å²) >= 11 is 0. The lowest BCUT2D eigenvalue weighted by molar-refractivity contribution is -0.667. The summed E-state index contributed by atoms with van der Waals surface area (Å²) in [5.74, 6) is 2.91. The van der Waals surface area contributed by atoms with Crippen LogP contribution >= 0.6 is 0 Å². The maximum absolute atomic E-state index is 7.86. The number of hydrogen-bond donors (Lipinski definition) is 0. The standard InChI is InChI=1S/2C35H35N2O.2C34H33N2O/c1-22-11-14-26(15-12-22)33-30(36-4)19-18-29-28-17-13-23(2)32(34(28)38-35(29)33)31-20-16-27(24(3)37(31)5)21-25-9-7-6-8-10-25;1-22-11-14-27(15-12-22)33-30(36-4)18-17-29-28-16-13-23(2)32(34(28)38-35(29)33)31-21-26(19-24(3)37(31)5)20-25-9-7-6-8-10-25;1-20-11-14-25(15-12-20)32-29(35-5)18-17-27-26-16-13-21(2)31(33(26)37-34(27)32)30-19-28(24-9-7-8-10-24)22(3)23(4)36(30)6;1-20-11-14-25(15-12-20)32-28(35-5)18-17-27-26-16-13-21(2)31(33(26)37-34(27)32)29-19-22(3)30(23(4)36(29)6)24-9-7-8-10-24/h11-20,25H,6-10,21H2,1-3,5H3;11-19,21,25H,6-10,20H2,1-3,5H3;2*11-19,24H,7-10H2,1-4,6H3/q4*+1. The van der Waals surface area contributed by atoms with Crippen LogP contribution in [0.4, 0.5) is 22.7 Å². The number of pyridine rings is 4. The monoisotopic (exact) mass is 1970 g/mol. The SMILES string of the molecule is [C-]#[N+]c1ccc2c(oc3c(-c4cc(C)c(C5CCCC5)c(C)[n+]4C)c(C)ccc32)c1-c1ccc(C)cc1.[C-]#[N+]c1ccc2c(oc3c(-c4cc(C5CCCC5)c(C)c(C)[n+]4C)c(C)ccc32)c1-c1ccc(C)cc1.[C-]#[N+]c1ccc2c(oc3c(-c4cc(CC5CCCCC5)cc(C)[n+]4C)c(C)ccc32)c1-c1ccc(C)cc1.[C-]#[N+]c1ccc2c(oc3c(-c4ccc(CC5CCCCC5)c(C)[n+]4C)c(C)ccc32)c1-c1ccc(C)cc1. The molecular weight excluding hydrogens is 1830 g/mol. The van der Waals surface area contributed by atoms with Gasteiger partial charge in [0.1, 0.15) is 72.9 Å². The summed E-state index contributed by atoms with van der Waals surface area (Å²) in [7, 11) is 8.71. The smallest absolute Gasteiger partial charge is 0.216 e. The van der Waals surface area contributed by atoms with E-state index in [9.17, 15) is 0 Å². The van der Waals surface area contributed by atoms with Gasteiger partial charge < -0.3 is 17.7 Å². The summed E-state index contributed by atoms with van der Waals surface area (Å²) in [6.07, 6.45) is 26.5. The Bertz CT molecular complexity index is 8950. The van der Waals surface area contributed by atoms with E-state index in [1.165, 1.54) is 245 Å². The molecule has 0 saturated heterocycles. The number of rotatable bonds is 14. The zero-order valence-electron chi connectivity index (χ0n) is 90.6. The largest absolute Gasteiger partial charge is 0.456 e. The van der Waals surface area contributed by atoms with Gasteiger partial charge in [-0.25, -0.2) is 19.4 Å². The molecule has 8 heterocycles. The summed E-state index contributed by atoms with van der Waals surface area (Å²) in [6, 6.07) is 81.1. The molecular formula is C138H136N8O4+4. The van der Waals surface area contributed by atoms with Crippen LogP contribution in [-0.2, 0) is 41.0 Å². The van der Waals surface area contributed by atoms with Crippen molar-refractivity contribution in [3.63, 3.8) is 0 Å². The molecule has 12 heteroatoms. The highest BCUT2D eigenvalue weighted by atomic mass is 16.3. The van der Waals surface area contributed by atoms with Crippen molar-refractivity contribution in [1.29, 1.82) is 0 Å². The molecule has 0 atom stereocenters. The van der Waals surface area contributed by atoms with E-state index in [0.29, 0.717) is 34.6 Å². The van der Waals surface area contributed by atoms with Crippen molar-refractivity contribution in [2.45, 2.75) is 237 Å². The van der Waals surface area contributed by atoms with Crippen LogP contribution in [0.3, 0.4) is 0 Å². The van der Waals surface area contributed by atoms with Crippen LogP contribution in [0.1, 0.15) is 228 Å². The fraction of sp³-hybridized carbons (Fsp3) is 0.304. The molecule has 0 N–H and O–H groups in total. The predicted octanol–water partition coefficient (Wildman–Crippen LogP) is 37.1. The number of furan rings is 4. The fourth-order valence-electron chi connectivity index (χ4n) is 25.5. The van der Waals surface area contributed by atoms with Crippen molar-refractivity contribution in [2.24, 2.45) is 40.0 Å². The average Bonchev–Trinajstić information content (AvgIpc) is 1.60. The molecule has 0 unspecified atom stereocenters. The summed E-state index contributed by atoms with van der Waals surface area (Å²) in [5, 5.41) is 8.60. The number of aromatic nitrogens is 4. The average molecular weight is 1970 g/mol. The Morgan fingerprint density at radius 3 is 0.900 bits per heavy atom. The van der Waals surface area contributed by atoms with E-state index < -0.39 is 0 Å². The Morgan fingerprint density at radius 2 is 0.547 bits per heavy atom. The van der Waals surface area contributed by atoms with Gasteiger partial charge >= 0.3 is 0 Å². The van der Waals surface area contributed by atoms with Gasteiger partial charge in [-0.15, -0.1) is 0 Å². The molecule has 0 aliphatic heterocycles. The van der Waals surface area contributed by atoms with E-state index in [0.717, 1.165) is 173 Å². The lowest BCUT2D eigenvalue weighted by Gasteiger charge is -2.21. The molecule has 20 aromatic rings. The molecule has 4 aliphatic carbocycles. The molecule has 150 heavy (non-hydrogen) atoms. The summed E-state index contributed by atoms with van der Waals surface area (Å²) in [6.45, 7) is 61.9. The minimum absolute atomic E-state index is 0.617. The highest BCUT2D eigenvalue weighted by Gasteiger charge is 2.36. The minimum atomic E-state index is 0.617. The second-order valence-corrected chi connectivity index (χ2v) is 43.9. The molecule has 4 saturated carbocycles. The van der Waals surface area contributed by atoms with Crippen molar-refractivity contribution in [3.05, 3.63) is 377 Å². The van der Waals surface area contributed by atoms with Gasteiger partial charge in [-0.05, 0) is 199 Å². The van der Waals surface area contributed by atoms with E-state index >= 15 is 0 Å². The molecule has 0 spiro atoms. The zero-order chi connectivity index (χ0) is 104. The van der Waals surface area contributed by atoms with Gasteiger partial charge in [0, 0.05) is 140 Å². The summed E-state index contributed by atoms with van der Waals surface area (Å²) in [5.41, 5.74) is 49.6. The summed E-state index contributed by atoms with van der Waals surface area (Å²) < 4.78 is 36.5. The second-order valence-electron chi connectivity index (χ2n) is 43.9. The quantitative estimate of drug-likeness (QED) is 0.0802. The van der Waals surface area contributed by atoms with Crippen LogP contribution in [-0.4, -0.2) is 0 Å². The number of benzene rings is 12. The Labute approximate surface area is 884 Å². The van der Waals surface area contributed by atoms with Crippen molar-refractivity contribution >= 4 is 111 Å². The van der Waals surface area contributed by atoms with Crippen molar-refractivity contribution in [2.75, 3.05) is 0 Å². The molecule has 0 amide bonds. The Morgan fingerprint density at radius 1 is 0.253 bits per heavy atom. The molecule has 0 radical (unpaired) electrons. The van der Waals surface area contributed by atoms with Crippen LogP contribution in [0.15, 0.2) is 248 Å². The van der Waals surface area contributed by atoms with Crippen molar-refractivity contribution < 1.29 is 35.9 Å². The van der Waals surface area contributed by atoms with E-state index in [2.05, 4.69) is 357 Å². The highest BCUT2D eigenvalue weighted by molar-refractivity contribution is 6.19. The molecule has 12 aromatic carbocycles. The van der Waals surface area contributed by atoms with Crippen LogP contribution in [0.2, 0.25) is 0 Å². The molecule has 748 valence electrons. The Balaban J connectivity index is 0.000000117. The van der Waals surface area contributed by atoms with E-state index in [-0.39, 0.29) is 0 Å². The van der Waals surface area contributed by atoms with Crippen LogP contribution in [0.25, 0.3) is 197 Å².